The van der Waals surface area contributed by atoms with E-state index >= 15 is 0 Å². The zero-order valence-corrected chi connectivity index (χ0v) is 11.8. The van der Waals surface area contributed by atoms with Crippen molar-refractivity contribution in [1.29, 1.82) is 0 Å². The lowest BCUT2D eigenvalue weighted by Gasteiger charge is -2.13. The SMILES string of the molecule is CN1Cc2nc3c(oc4cc(F)ccc43)c(=O)n2CCC1=O. The minimum absolute atomic E-state index is 0.0338. The van der Waals surface area contributed by atoms with Gasteiger partial charge in [0.05, 0.1) is 6.54 Å². The third kappa shape index (κ3) is 1.75. The Morgan fingerprint density at radius 2 is 2.14 bits per heavy atom. The number of rotatable bonds is 0. The molecule has 7 heteroatoms. The fraction of sp³-hybridized carbons (Fsp3) is 0.267. The highest BCUT2D eigenvalue weighted by atomic mass is 19.1. The zero-order valence-electron chi connectivity index (χ0n) is 11.8. The Hall–Kier alpha value is -2.70. The molecule has 0 bridgehead atoms. The van der Waals surface area contributed by atoms with E-state index in [9.17, 15) is 14.0 Å². The number of carbonyl (C=O) groups is 1. The van der Waals surface area contributed by atoms with E-state index in [1.165, 1.54) is 16.7 Å². The maximum Gasteiger partial charge on any atom is 0.297 e. The summed E-state index contributed by atoms with van der Waals surface area (Å²) >= 11 is 0. The van der Waals surface area contributed by atoms with Gasteiger partial charge in [-0.25, -0.2) is 9.37 Å². The van der Waals surface area contributed by atoms with Crippen molar-refractivity contribution < 1.29 is 13.6 Å². The molecule has 3 aromatic rings. The predicted octanol–water partition coefficient (Wildman–Crippen LogP) is 1.64. The summed E-state index contributed by atoms with van der Waals surface area (Å²) in [6, 6.07) is 4.09. The monoisotopic (exact) mass is 301 g/mol. The number of furan rings is 1. The molecule has 4 rings (SSSR count). The topological polar surface area (TPSA) is 68.3 Å². The van der Waals surface area contributed by atoms with E-state index in [0.29, 0.717) is 22.3 Å². The summed E-state index contributed by atoms with van der Waals surface area (Å²) in [7, 11) is 1.68. The molecule has 3 heterocycles. The van der Waals surface area contributed by atoms with Crippen LogP contribution in [-0.4, -0.2) is 27.4 Å². The fourth-order valence-corrected chi connectivity index (χ4v) is 2.79. The average Bonchev–Trinajstić information content (AvgIpc) is 2.76. The molecule has 6 nitrogen and oxygen atoms in total. The van der Waals surface area contributed by atoms with Crippen LogP contribution in [0.2, 0.25) is 0 Å². The Morgan fingerprint density at radius 3 is 2.95 bits per heavy atom. The molecular weight excluding hydrogens is 289 g/mol. The minimum atomic E-state index is -0.432. The third-order valence-corrected chi connectivity index (χ3v) is 3.97. The van der Waals surface area contributed by atoms with Gasteiger partial charge >= 0.3 is 0 Å². The van der Waals surface area contributed by atoms with Crippen LogP contribution in [0, 0.1) is 5.82 Å². The van der Waals surface area contributed by atoms with E-state index in [4.69, 9.17) is 4.42 Å². The minimum Gasteiger partial charge on any atom is -0.448 e. The van der Waals surface area contributed by atoms with Crippen molar-refractivity contribution in [2.24, 2.45) is 0 Å². The van der Waals surface area contributed by atoms with Crippen molar-refractivity contribution >= 4 is 28.0 Å². The smallest absolute Gasteiger partial charge is 0.297 e. The summed E-state index contributed by atoms with van der Waals surface area (Å²) in [6.07, 6.45) is 0.242. The van der Waals surface area contributed by atoms with Crippen LogP contribution in [0.5, 0.6) is 0 Å². The van der Waals surface area contributed by atoms with Gasteiger partial charge in [-0.3, -0.25) is 14.2 Å². The number of fused-ring (bicyclic) bond motifs is 4. The number of benzene rings is 1. The number of nitrogens with zero attached hydrogens (tertiary/aromatic N) is 3. The summed E-state index contributed by atoms with van der Waals surface area (Å²) in [5, 5.41) is 0.593. The summed E-state index contributed by atoms with van der Waals surface area (Å²) < 4.78 is 20.3. The second kappa shape index (κ2) is 4.40. The van der Waals surface area contributed by atoms with Gasteiger partial charge in [0.1, 0.15) is 22.7 Å². The molecule has 2 aromatic heterocycles. The van der Waals surface area contributed by atoms with Crippen molar-refractivity contribution in [3.05, 3.63) is 40.2 Å². The number of halogens is 1. The maximum absolute atomic E-state index is 13.3. The van der Waals surface area contributed by atoms with Crippen LogP contribution < -0.4 is 5.56 Å². The third-order valence-electron chi connectivity index (χ3n) is 3.97. The van der Waals surface area contributed by atoms with Gasteiger partial charge in [-0.05, 0) is 12.1 Å². The van der Waals surface area contributed by atoms with Crippen LogP contribution in [0.1, 0.15) is 12.2 Å². The number of carbonyl (C=O) groups excluding carboxylic acids is 1. The first kappa shape index (κ1) is 13.0. The molecule has 112 valence electrons. The van der Waals surface area contributed by atoms with E-state index in [2.05, 4.69) is 4.98 Å². The fourth-order valence-electron chi connectivity index (χ4n) is 2.79. The second-order valence-electron chi connectivity index (χ2n) is 5.40. The molecule has 1 aliphatic rings. The van der Waals surface area contributed by atoms with Gasteiger partial charge in [0.15, 0.2) is 0 Å². The standard InChI is InChI=1S/C15H12FN3O3/c1-18-7-11-17-13-9-3-2-8(16)6-10(9)22-14(13)15(21)19(11)5-4-12(18)20/h2-3,6H,4-5,7H2,1H3. The Bertz CT molecular complexity index is 989. The summed E-state index contributed by atoms with van der Waals surface area (Å²) in [4.78, 5) is 30.4. The summed E-state index contributed by atoms with van der Waals surface area (Å²) in [5.74, 6) is 0.0462. The lowest BCUT2D eigenvalue weighted by Crippen LogP contribution is -2.26. The lowest BCUT2D eigenvalue weighted by atomic mass is 10.2. The van der Waals surface area contributed by atoms with E-state index in [1.54, 1.807) is 18.0 Å². The maximum atomic E-state index is 13.3. The van der Waals surface area contributed by atoms with Crippen LogP contribution in [-0.2, 0) is 17.9 Å². The van der Waals surface area contributed by atoms with E-state index < -0.39 is 5.82 Å². The molecule has 0 N–H and O–H groups in total. The van der Waals surface area contributed by atoms with Gasteiger partial charge in [-0.2, -0.15) is 0 Å². The molecule has 1 amide bonds. The Balaban J connectivity index is 2.06. The van der Waals surface area contributed by atoms with Crippen LogP contribution in [0.25, 0.3) is 22.1 Å². The van der Waals surface area contributed by atoms with Gasteiger partial charge in [0, 0.05) is 31.5 Å². The predicted molar refractivity (Wildman–Crippen MR) is 76.8 cm³/mol. The normalized spacial score (nSPS) is 15.4. The average molecular weight is 301 g/mol. The molecule has 22 heavy (non-hydrogen) atoms. The van der Waals surface area contributed by atoms with Gasteiger partial charge in [-0.1, -0.05) is 0 Å². The van der Waals surface area contributed by atoms with Crippen molar-refractivity contribution in [3.8, 4) is 0 Å². The number of hydrogen-bond acceptors (Lipinski definition) is 4. The molecule has 0 aliphatic carbocycles. The highest BCUT2D eigenvalue weighted by molar-refractivity contribution is 6.01. The van der Waals surface area contributed by atoms with Gasteiger partial charge in [0.2, 0.25) is 11.5 Å². The van der Waals surface area contributed by atoms with Gasteiger partial charge in [0.25, 0.3) is 5.56 Å². The molecule has 0 radical (unpaired) electrons. The first-order valence-electron chi connectivity index (χ1n) is 6.90. The second-order valence-corrected chi connectivity index (χ2v) is 5.40. The number of amides is 1. The molecule has 0 atom stereocenters. The van der Waals surface area contributed by atoms with Gasteiger partial charge < -0.3 is 9.32 Å². The highest BCUT2D eigenvalue weighted by Gasteiger charge is 2.23. The summed E-state index contributed by atoms with van der Waals surface area (Å²) in [5.41, 5.74) is 0.472. The zero-order chi connectivity index (χ0) is 15.4. The number of aromatic nitrogens is 2. The highest BCUT2D eigenvalue weighted by Crippen LogP contribution is 2.26. The van der Waals surface area contributed by atoms with E-state index in [-0.39, 0.29) is 36.6 Å². The van der Waals surface area contributed by atoms with Crippen molar-refractivity contribution in [2.75, 3.05) is 7.05 Å². The van der Waals surface area contributed by atoms with Crippen molar-refractivity contribution in [1.82, 2.24) is 14.5 Å². The van der Waals surface area contributed by atoms with Crippen molar-refractivity contribution in [3.63, 3.8) is 0 Å². The van der Waals surface area contributed by atoms with Crippen LogP contribution in [0.15, 0.2) is 27.4 Å². The first-order chi connectivity index (χ1) is 10.5. The molecule has 0 saturated heterocycles. The van der Waals surface area contributed by atoms with Crippen molar-refractivity contribution in [2.45, 2.75) is 19.5 Å². The molecule has 1 aromatic carbocycles. The summed E-state index contributed by atoms with van der Waals surface area (Å²) in [6.45, 7) is 0.531. The largest absolute Gasteiger partial charge is 0.448 e. The quantitative estimate of drug-likeness (QED) is 0.633. The molecule has 1 aliphatic heterocycles. The molecule has 0 unspecified atom stereocenters. The molecular formula is C15H12FN3O3. The molecule has 0 spiro atoms. The Kier molecular flexibility index (Phi) is 2.60. The lowest BCUT2D eigenvalue weighted by molar-refractivity contribution is -0.130. The Labute approximate surface area is 123 Å². The Morgan fingerprint density at radius 1 is 1.32 bits per heavy atom. The van der Waals surface area contributed by atoms with E-state index in [0.717, 1.165) is 0 Å². The van der Waals surface area contributed by atoms with Gasteiger partial charge in [-0.15, -0.1) is 0 Å². The van der Waals surface area contributed by atoms with Crippen LogP contribution in [0.3, 0.4) is 0 Å². The first-order valence-corrected chi connectivity index (χ1v) is 6.90. The number of hydrogen-bond donors (Lipinski definition) is 0. The van der Waals surface area contributed by atoms with Crippen LogP contribution >= 0.6 is 0 Å². The van der Waals surface area contributed by atoms with Crippen LogP contribution in [0.4, 0.5) is 4.39 Å². The molecule has 0 fully saturated rings. The molecule has 0 saturated carbocycles. The van der Waals surface area contributed by atoms with E-state index in [1.807, 2.05) is 0 Å².